The minimum absolute atomic E-state index is 0.0680. The molecule has 0 bridgehead atoms. The van der Waals surface area contributed by atoms with E-state index in [0.717, 1.165) is 31.6 Å². The lowest BCUT2D eigenvalue weighted by Crippen LogP contribution is -2.33. The van der Waals surface area contributed by atoms with E-state index < -0.39 is 0 Å². The second kappa shape index (κ2) is 8.67. The molecule has 0 aromatic heterocycles. The minimum Gasteiger partial charge on any atom is -0.396 e. The van der Waals surface area contributed by atoms with Gasteiger partial charge >= 0.3 is 0 Å². The lowest BCUT2D eigenvalue weighted by Gasteiger charge is -2.28. The number of aliphatic hydroxyl groups is 1. The first-order valence-electron chi connectivity index (χ1n) is 8.36. The Morgan fingerprint density at radius 2 is 1.87 bits per heavy atom. The van der Waals surface area contributed by atoms with Crippen molar-refractivity contribution in [3.05, 3.63) is 29.8 Å². The molecule has 5 heteroatoms. The van der Waals surface area contributed by atoms with Gasteiger partial charge in [0.1, 0.15) is 5.78 Å². The zero-order valence-corrected chi connectivity index (χ0v) is 13.8. The van der Waals surface area contributed by atoms with Gasteiger partial charge in [-0.05, 0) is 43.0 Å². The molecule has 0 spiro atoms. The Morgan fingerprint density at radius 1 is 1.22 bits per heavy atom. The van der Waals surface area contributed by atoms with E-state index in [2.05, 4.69) is 17.1 Å². The van der Waals surface area contributed by atoms with Crippen molar-refractivity contribution in [2.75, 3.05) is 31.1 Å². The SMILES string of the molecule is CC(CCO)CCNC(=O)c1ccc(N2CCC(=O)CC2)cc1. The lowest BCUT2D eigenvalue weighted by molar-refractivity contribution is -0.119. The van der Waals surface area contributed by atoms with Crippen LogP contribution in [0.2, 0.25) is 0 Å². The predicted octanol–water partition coefficient (Wildman–Crippen LogP) is 1.99. The Morgan fingerprint density at radius 3 is 2.48 bits per heavy atom. The summed E-state index contributed by atoms with van der Waals surface area (Å²) in [6.07, 6.45) is 2.84. The van der Waals surface area contributed by atoms with Gasteiger partial charge in [0.05, 0.1) is 0 Å². The number of nitrogens with one attached hydrogen (secondary N) is 1. The van der Waals surface area contributed by atoms with Crippen molar-refractivity contribution in [2.24, 2.45) is 5.92 Å². The van der Waals surface area contributed by atoms with Gasteiger partial charge in [0.2, 0.25) is 0 Å². The summed E-state index contributed by atoms with van der Waals surface area (Å²) in [6, 6.07) is 7.55. The summed E-state index contributed by atoms with van der Waals surface area (Å²) in [7, 11) is 0. The number of hydrogen-bond acceptors (Lipinski definition) is 4. The van der Waals surface area contributed by atoms with Crippen LogP contribution >= 0.6 is 0 Å². The number of piperidine rings is 1. The molecular formula is C18H26N2O3. The molecule has 1 aromatic rings. The summed E-state index contributed by atoms with van der Waals surface area (Å²) >= 11 is 0. The zero-order valence-electron chi connectivity index (χ0n) is 13.8. The van der Waals surface area contributed by atoms with Gasteiger partial charge in [-0.3, -0.25) is 9.59 Å². The number of carbonyl (C=O) groups is 2. The molecule has 2 rings (SSSR count). The van der Waals surface area contributed by atoms with E-state index in [1.807, 2.05) is 24.3 Å². The van der Waals surface area contributed by atoms with E-state index >= 15 is 0 Å². The van der Waals surface area contributed by atoms with Crippen LogP contribution in [0.4, 0.5) is 5.69 Å². The Bertz CT molecular complexity index is 518. The topological polar surface area (TPSA) is 69.6 Å². The molecule has 1 aromatic carbocycles. The summed E-state index contributed by atoms with van der Waals surface area (Å²) in [5, 5.41) is 11.8. The number of rotatable bonds is 7. The summed E-state index contributed by atoms with van der Waals surface area (Å²) in [4.78, 5) is 25.6. The summed E-state index contributed by atoms with van der Waals surface area (Å²) in [5.41, 5.74) is 1.71. The first-order valence-corrected chi connectivity index (χ1v) is 8.36. The van der Waals surface area contributed by atoms with Crippen molar-refractivity contribution in [1.82, 2.24) is 5.32 Å². The fraction of sp³-hybridized carbons (Fsp3) is 0.556. The first kappa shape index (κ1) is 17.5. The summed E-state index contributed by atoms with van der Waals surface area (Å²) in [5.74, 6) is 0.665. The third kappa shape index (κ3) is 5.36. The van der Waals surface area contributed by atoms with Crippen molar-refractivity contribution in [1.29, 1.82) is 0 Å². The quantitative estimate of drug-likeness (QED) is 0.807. The molecular weight excluding hydrogens is 292 g/mol. The standard InChI is InChI=1S/C18H26N2O3/c1-14(9-13-21)6-10-19-18(23)15-2-4-16(5-3-15)20-11-7-17(22)8-12-20/h2-5,14,21H,6-13H2,1H3,(H,19,23). The van der Waals surface area contributed by atoms with E-state index in [1.54, 1.807) is 0 Å². The maximum Gasteiger partial charge on any atom is 0.251 e. The Balaban J connectivity index is 1.81. The molecule has 1 atom stereocenters. The summed E-state index contributed by atoms with van der Waals surface area (Å²) in [6.45, 7) is 4.40. The number of ketones is 1. The number of benzene rings is 1. The van der Waals surface area contributed by atoms with Crippen LogP contribution in [0.3, 0.4) is 0 Å². The third-order valence-electron chi connectivity index (χ3n) is 4.36. The Hall–Kier alpha value is -1.88. The second-order valence-corrected chi connectivity index (χ2v) is 6.23. The molecule has 0 aliphatic carbocycles. The van der Waals surface area contributed by atoms with Gasteiger partial charge in [0.25, 0.3) is 5.91 Å². The van der Waals surface area contributed by atoms with Crippen molar-refractivity contribution in [2.45, 2.75) is 32.6 Å². The molecule has 1 saturated heterocycles. The van der Waals surface area contributed by atoms with Crippen molar-refractivity contribution < 1.29 is 14.7 Å². The van der Waals surface area contributed by atoms with Crippen LogP contribution < -0.4 is 10.2 Å². The van der Waals surface area contributed by atoms with Crippen molar-refractivity contribution in [3.63, 3.8) is 0 Å². The van der Waals surface area contributed by atoms with E-state index in [1.165, 1.54) is 0 Å². The molecule has 126 valence electrons. The molecule has 2 N–H and O–H groups in total. The highest BCUT2D eigenvalue weighted by Crippen LogP contribution is 2.19. The third-order valence-corrected chi connectivity index (χ3v) is 4.36. The number of carbonyl (C=O) groups excluding carboxylic acids is 2. The van der Waals surface area contributed by atoms with Gasteiger partial charge in [-0.25, -0.2) is 0 Å². The van der Waals surface area contributed by atoms with Crippen LogP contribution in [0, 0.1) is 5.92 Å². The number of amides is 1. The minimum atomic E-state index is -0.0680. The highest BCUT2D eigenvalue weighted by molar-refractivity contribution is 5.94. The molecule has 1 heterocycles. The van der Waals surface area contributed by atoms with Crippen molar-refractivity contribution >= 4 is 17.4 Å². The summed E-state index contributed by atoms with van der Waals surface area (Å²) < 4.78 is 0. The van der Waals surface area contributed by atoms with E-state index in [4.69, 9.17) is 5.11 Å². The van der Waals surface area contributed by atoms with Gasteiger partial charge in [-0.15, -0.1) is 0 Å². The van der Waals surface area contributed by atoms with Crippen molar-refractivity contribution in [3.8, 4) is 0 Å². The number of hydrogen-bond donors (Lipinski definition) is 2. The molecule has 1 unspecified atom stereocenters. The number of anilines is 1. The van der Waals surface area contributed by atoms with Gasteiger partial charge in [-0.1, -0.05) is 6.92 Å². The monoisotopic (exact) mass is 318 g/mol. The average Bonchev–Trinajstić information content (AvgIpc) is 2.56. The number of aliphatic hydroxyl groups excluding tert-OH is 1. The van der Waals surface area contributed by atoms with E-state index in [-0.39, 0.29) is 12.5 Å². The van der Waals surface area contributed by atoms with Crippen LogP contribution in [-0.2, 0) is 4.79 Å². The molecule has 1 fully saturated rings. The maximum absolute atomic E-state index is 12.1. The van der Waals surface area contributed by atoms with Gasteiger partial charge in [-0.2, -0.15) is 0 Å². The Kier molecular flexibility index (Phi) is 6.59. The zero-order chi connectivity index (χ0) is 16.7. The smallest absolute Gasteiger partial charge is 0.251 e. The van der Waals surface area contributed by atoms with Crippen LogP contribution in [0.5, 0.6) is 0 Å². The van der Waals surface area contributed by atoms with Gasteiger partial charge < -0.3 is 15.3 Å². The van der Waals surface area contributed by atoms with Crippen LogP contribution in [0.1, 0.15) is 43.0 Å². The lowest BCUT2D eigenvalue weighted by atomic mass is 10.0. The predicted molar refractivity (Wildman–Crippen MR) is 90.7 cm³/mol. The molecule has 1 amide bonds. The van der Waals surface area contributed by atoms with E-state index in [0.29, 0.717) is 36.7 Å². The molecule has 1 aliphatic rings. The number of nitrogens with zero attached hydrogens (tertiary/aromatic N) is 1. The Labute approximate surface area is 137 Å². The molecule has 1 aliphatic heterocycles. The molecule has 0 radical (unpaired) electrons. The largest absolute Gasteiger partial charge is 0.396 e. The first-order chi connectivity index (χ1) is 11.1. The fourth-order valence-corrected chi connectivity index (χ4v) is 2.74. The maximum atomic E-state index is 12.1. The molecule has 5 nitrogen and oxygen atoms in total. The highest BCUT2D eigenvalue weighted by Gasteiger charge is 2.16. The van der Waals surface area contributed by atoms with Gasteiger partial charge in [0.15, 0.2) is 0 Å². The molecule has 0 saturated carbocycles. The van der Waals surface area contributed by atoms with E-state index in [9.17, 15) is 9.59 Å². The number of Topliss-reactive ketones (excluding diaryl/α,β-unsaturated/α-hetero) is 1. The molecule has 23 heavy (non-hydrogen) atoms. The second-order valence-electron chi connectivity index (χ2n) is 6.23. The average molecular weight is 318 g/mol. The normalized spacial score (nSPS) is 16.3. The fourth-order valence-electron chi connectivity index (χ4n) is 2.74. The van der Waals surface area contributed by atoms with Crippen LogP contribution in [-0.4, -0.2) is 43.0 Å². The van der Waals surface area contributed by atoms with Crippen LogP contribution in [0.15, 0.2) is 24.3 Å². The van der Waals surface area contributed by atoms with Gasteiger partial charge in [0, 0.05) is 50.3 Å². The highest BCUT2D eigenvalue weighted by atomic mass is 16.3. The van der Waals surface area contributed by atoms with Crippen LogP contribution in [0.25, 0.3) is 0 Å².